The van der Waals surface area contributed by atoms with Crippen LogP contribution < -0.4 is 0 Å². The summed E-state index contributed by atoms with van der Waals surface area (Å²) in [5, 5.41) is 11.9. The first-order chi connectivity index (χ1) is 4.90. The molecule has 0 aliphatic carbocycles. The summed E-state index contributed by atoms with van der Waals surface area (Å²) in [4.78, 5) is 2.43. The molecule has 2 fully saturated rings. The third-order valence-electron chi connectivity index (χ3n) is 2.56. The Bertz CT molecular complexity index is 167. The minimum atomic E-state index is 0.568. The lowest BCUT2D eigenvalue weighted by molar-refractivity contribution is 0.295. The Kier molecular flexibility index (Phi) is 1.38. The van der Waals surface area contributed by atoms with Crippen molar-refractivity contribution in [3.8, 4) is 0 Å². The van der Waals surface area contributed by atoms with Gasteiger partial charge in [0.05, 0.1) is 5.71 Å². The highest BCUT2D eigenvalue weighted by atomic mass is 16.4. The lowest BCUT2D eigenvalue weighted by Crippen LogP contribution is -2.32. The lowest BCUT2D eigenvalue weighted by atomic mass is 9.98. The van der Waals surface area contributed by atoms with Crippen molar-refractivity contribution in [3.05, 3.63) is 0 Å². The third-order valence-corrected chi connectivity index (χ3v) is 2.56. The topological polar surface area (TPSA) is 35.8 Å². The van der Waals surface area contributed by atoms with Gasteiger partial charge in [-0.1, -0.05) is 5.16 Å². The van der Waals surface area contributed by atoms with Crippen LogP contribution in [0.2, 0.25) is 0 Å². The van der Waals surface area contributed by atoms with Crippen molar-refractivity contribution in [1.29, 1.82) is 0 Å². The van der Waals surface area contributed by atoms with E-state index in [9.17, 15) is 0 Å². The van der Waals surface area contributed by atoms with Crippen LogP contribution in [0.1, 0.15) is 12.8 Å². The van der Waals surface area contributed by atoms with Crippen LogP contribution in [-0.4, -0.2) is 35.5 Å². The van der Waals surface area contributed by atoms with Gasteiger partial charge in [-0.3, -0.25) is 0 Å². The fourth-order valence-electron chi connectivity index (χ4n) is 1.92. The van der Waals surface area contributed by atoms with Gasteiger partial charge in [-0.25, -0.2) is 0 Å². The zero-order valence-corrected chi connectivity index (χ0v) is 5.95. The van der Waals surface area contributed by atoms with Crippen molar-refractivity contribution in [2.75, 3.05) is 19.6 Å². The summed E-state index contributed by atoms with van der Waals surface area (Å²) >= 11 is 0. The number of rotatable bonds is 0. The Morgan fingerprint density at radius 3 is 3.20 bits per heavy atom. The van der Waals surface area contributed by atoms with E-state index in [1.54, 1.807) is 0 Å². The number of piperidine rings is 1. The molecule has 56 valence electrons. The number of fused-ring (bicyclic) bond motifs is 2. The van der Waals surface area contributed by atoms with Crippen molar-refractivity contribution in [2.24, 2.45) is 11.1 Å². The predicted molar refractivity (Wildman–Crippen MR) is 38.4 cm³/mol. The van der Waals surface area contributed by atoms with Crippen LogP contribution >= 0.6 is 0 Å². The molecule has 0 aromatic carbocycles. The highest BCUT2D eigenvalue weighted by Gasteiger charge is 2.31. The van der Waals surface area contributed by atoms with Gasteiger partial charge in [-0.05, 0) is 13.0 Å². The van der Waals surface area contributed by atoms with E-state index in [2.05, 4.69) is 10.1 Å². The molecular formula is C7H12N2O. The standard InChI is InChI=1S/C7H12N2O/c10-8-7-2-4-9-3-1-6(7)5-9/h6,10H,1-5H2. The second-order valence-corrected chi connectivity index (χ2v) is 3.13. The van der Waals surface area contributed by atoms with E-state index in [1.807, 2.05) is 0 Å². The van der Waals surface area contributed by atoms with Crippen LogP contribution in [0.3, 0.4) is 0 Å². The molecule has 0 aromatic rings. The molecule has 2 atom stereocenters. The van der Waals surface area contributed by atoms with Gasteiger partial charge in [-0.2, -0.15) is 0 Å². The molecule has 3 nitrogen and oxygen atoms in total. The molecule has 2 unspecified atom stereocenters. The first-order valence-electron chi connectivity index (χ1n) is 3.83. The Labute approximate surface area is 60.3 Å². The minimum absolute atomic E-state index is 0.568. The first kappa shape index (κ1) is 6.16. The van der Waals surface area contributed by atoms with E-state index in [0.29, 0.717) is 5.92 Å². The van der Waals surface area contributed by atoms with Gasteiger partial charge < -0.3 is 10.1 Å². The minimum Gasteiger partial charge on any atom is -0.411 e. The van der Waals surface area contributed by atoms with E-state index in [0.717, 1.165) is 25.2 Å². The van der Waals surface area contributed by atoms with Gasteiger partial charge >= 0.3 is 0 Å². The maximum absolute atomic E-state index is 8.58. The summed E-state index contributed by atoms with van der Waals surface area (Å²) in [5.41, 5.74) is 1.02. The Hall–Kier alpha value is -0.570. The van der Waals surface area contributed by atoms with Gasteiger partial charge in [-0.15, -0.1) is 0 Å². The number of oxime groups is 1. The van der Waals surface area contributed by atoms with Crippen molar-refractivity contribution in [3.63, 3.8) is 0 Å². The molecule has 0 aromatic heterocycles. The smallest absolute Gasteiger partial charge is 0.0627 e. The fraction of sp³-hybridized carbons (Fsp3) is 0.857. The van der Waals surface area contributed by atoms with Crippen molar-refractivity contribution in [2.45, 2.75) is 12.8 Å². The number of hydrogen-bond acceptors (Lipinski definition) is 3. The van der Waals surface area contributed by atoms with Crippen LogP contribution in [-0.2, 0) is 0 Å². The highest BCUT2D eigenvalue weighted by Crippen LogP contribution is 2.24. The zero-order chi connectivity index (χ0) is 6.97. The molecule has 0 radical (unpaired) electrons. The van der Waals surface area contributed by atoms with E-state index in [4.69, 9.17) is 5.21 Å². The molecule has 0 spiro atoms. The molecule has 1 N–H and O–H groups in total. The summed E-state index contributed by atoms with van der Waals surface area (Å²) < 4.78 is 0. The summed E-state index contributed by atoms with van der Waals surface area (Å²) in [5.74, 6) is 0.568. The van der Waals surface area contributed by atoms with Crippen LogP contribution in [0.25, 0.3) is 0 Å². The molecule has 0 saturated carbocycles. The lowest BCUT2D eigenvalue weighted by Gasteiger charge is -2.22. The van der Waals surface area contributed by atoms with E-state index in [1.165, 1.54) is 13.0 Å². The van der Waals surface area contributed by atoms with Gasteiger partial charge in [0.25, 0.3) is 0 Å². The summed E-state index contributed by atoms with van der Waals surface area (Å²) in [6.45, 7) is 3.42. The number of hydrogen-bond donors (Lipinski definition) is 1. The average molecular weight is 140 g/mol. The molecule has 10 heavy (non-hydrogen) atoms. The van der Waals surface area contributed by atoms with Crippen LogP contribution in [0, 0.1) is 5.92 Å². The molecule has 2 aliphatic heterocycles. The largest absolute Gasteiger partial charge is 0.411 e. The first-order valence-corrected chi connectivity index (χ1v) is 3.83. The normalized spacial score (nSPS) is 42.6. The van der Waals surface area contributed by atoms with Crippen LogP contribution in [0.4, 0.5) is 0 Å². The second-order valence-electron chi connectivity index (χ2n) is 3.13. The molecule has 2 saturated heterocycles. The van der Waals surface area contributed by atoms with Crippen molar-refractivity contribution < 1.29 is 5.21 Å². The Morgan fingerprint density at radius 2 is 2.40 bits per heavy atom. The van der Waals surface area contributed by atoms with E-state index < -0.39 is 0 Å². The zero-order valence-electron chi connectivity index (χ0n) is 5.95. The van der Waals surface area contributed by atoms with Crippen LogP contribution in [0.5, 0.6) is 0 Å². The van der Waals surface area contributed by atoms with Crippen molar-refractivity contribution >= 4 is 5.71 Å². The third kappa shape index (κ3) is 0.814. The molecule has 2 aliphatic rings. The van der Waals surface area contributed by atoms with Gasteiger partial charge in [0.15, 0.2) is 0 Å². The molecular weight excluding hydrogens is 128 g/mol. The maximum atomic E-state index is 8.58. The summed E-state index contributed by atoms with van der Waals surface area (Å²) in [7, 11) is 0. The van der Waals surface area contributed by atoms with E-state index >= 15 is 0 Å². The Balaban J connectivity index is 2.14. The maximum Gasteiger partial charge on any atom is 0.0627 e. The predicted octanol–water partition coefficient (Wildman–Crippen LogP) is 0.542. The Morgan fingerprint density at radius 1 is 1.50 bits per heavy atom. The monoisotopic (exact) mass is 140 g/mol. The molecule has 2 bridgehead atoms. The molecule has 3 heteroatoms. The average Bonchev–Trinajstić information content (AvgIpc) is 2.34. The molecule has 2 rings (SSSR count). The van der Waals surface area contributed by atoms with Gasteiger partial charge in [0, 0.05) is 25.4 Å². The SMILES string of the molecule is ON=C1CCN2CCC1C2. The number of nitrogens with zero attached hydrogens (tertiary/aromatic N) is 2. The second kappa shape index (κ2) is 2.23. The summed E-state index contributed by atoms with van der Waals surface area (Å²) in [6.07, 6.45) is 2.17. The van der Waals surface area contributed by atoms with Gasteiger partial charge in [0.1, 0.15) is 0 Å². The van der Waals surface area contributed by atoms with Crippen LogP contribution in [0.15, 0.2) is 5.16 Å². The van der Waals surface area contributed by atoms with E-state index in [-0.39, 0.29) is 0 Å². The molecule has 2 heterocycles. The van der Waals surface area contributed by atoms with Crippen molar-refractivity contribution in [1.82, 2.24) is 4.90 Å². The van der Waals surface area contributed by atoms with Gasteiger partial charge in [0.2, 0.25) is 0 Å². The molecule has 0 amide bonds. The fourth-order valence-corrected chi connectivity index (χ4v) is 1.92. The summed E-state index contributed by atoms with van der Waals surface area (Å²) in [6, 6.07) is 0. The highest BCUT2D eigenvalue weighted by molar-refractivity contribution is 5.87. The quantitative estimate of drug-likeness (QED) is 0.394.